The summed E-state index contributed by atoms with van der Waals surface area (Å²) in [6.45, 7) is 9.26. The topological polar surface area (TPSA) is 92.4 Å². The third kappa shape index (κ3) is 6.26. The molecule has 17 heavy (non-hydrogen) atoms. The minimum absolute atomic E-state index is 0.0258. The van der Waals surface area contributed by atoms with E-state index in [1.165, 1.54) is 0 Å². The Balaban J connectivity index is 4.41. The second-order valence-corrected chi connectivity index (χ2v) is 6.11. The van der Waals surface area contributed by atoms with E-state index in [0.29, 0.717) is 6.42 Å². The SMILES string of the molecule is CC(C)(CCC(=O)O)NC(=O)C(N)C(C)(C)C. The summed E-state index contributed by atoms with van der Waals surface area (Å²) in [6, 6.07) is -0.605. The van der Waals surface area contributed by atoms with E-state index in [9.17, 15) is 9.59 Å². The van der Waals surface area contributed by atoms with E-state index < -0.39 is 17.6 Å². The normalized spacial score (nSPS) is 14.2. The van der Waals surface area contributed by atoms with Crippen LogP contribution in [0.1, 0.15) is 47.5 Å². The maximum atomic E-state index is 11.9. The maximum Gasteiger partial charge on any atom is 0.303 e. The van der Waals surface area contributed by atoms with E-state index >= 15 is 0 Å². The standard InChI is InChI=1S/C12H24N2O3/c1-11(2,3)9(13)10(17)14-12(4,5)7-6-8(15)16/h9H,6-7,13H2,1-5H3,(H,14,17)(H,15,16). The van der Waals surface area contributed by atoms with E-state index in [1.807, 2.05) is 20.8 Å². The van der Waals surface area contributed by atoms with Gasteiger partial charge in [0.15, 0.2) is 0 Å². The van der Waals surface area contributed by atoms with Gasteiger partial charge in [0, 0.05) is 12.0 Å². The Labute approximate surface area is 103 Å². The molecule has 0 fully saturated rings. The van der Waals surface area contributed by atoms with Crippen molar-refractivity contribution in [2.45, 2.75) is 59.0 Å². The highest BCUT2D eigenvalue weighted by Crippen LogP contribution is 2.19. The molecule has 1 amide bonds. The number of nitrogens with one attached hydrogen (secondary N) is 1. The Bertz CT molecular complexity index is 293. The first-order valence-corrected chi connectivity index (χ1v) is 5.75. The summed E-state index contributed by atoms with van der Waals surface area (Å²) in [5.74, 6) is -1.11. The smallest absolute Gasteiger partial charge is 0.303 e. The van der Waals surface area contributed by atoms with Gasteiger partial charge in [0.25, 0.3) is 0 Å². The van der Waals surface area contributed by atoms with E-state index in [4.69, 9.17) is 10.8 Å². The fourth-order valence-corrected chi connectivity index (χ4v) is 1.29. The molecule has 4 N–H and O–H groups in total. The molecule has 0 saturated carbocycles. The fourth-order valence-electron chi connectivity index (χ4n) is 1.29. The number of carbonyl (C=O) groups excluding carboxylic acids is 1. The third-order valence-electron chi connectivity index (χ3n) is 2.64. The van der Waals surface area contributed by atoms with Crippen LogP contribution in [0.2, 0.25) is 0 Å². The first-order valence-electron chi connectivity index (χ1n) is 5.75. The number of hydrogen-bond donors (Lipinski definition) is 3. The molecule has 0 aromatic carbocycles. The Kier molecular flexibility index (Phi) is 5.13. The quantitative estimate of drug-likeness (QED) is 0.675. The van der Waals surface area contributed by atoms with Crippen LogP contribution in [0.25, 0.3) is 0 Å². The van der Waals surface area contributed by atoms with Gasteiger partial charge in [-0.1, -0.05) is 20.8 Å². The summed E-state index contributed by atoms with van der Waals surface area (Å²) in [4.78, 5) is 22.4. The van der Waals surface area contributed by atoms with Crippen molar-refractivity contribution >= 4 is 11.9 Å². The van der Waals surface area contributed by atoms with Gasteiger partial charge in [-0.3, -0.25) is 9.59 Å². The van der Waals surface area contributed by atoms with E-state index in [-0.39, 0.29) is 17.7 Å². The zero-order valence-electron chi connectivity index (χ0n) is 11.3. The molecule has 0 aliphatic carbocycles. The third-order valence-corrected chi connectivity index (χ3v) is 2.64. The van der Waals surface area contributed by atoms with Gasteiger partial charge in [0.2, 0.25) is 5.91 Å². The van der Waals surface area contributed by atoms with Gasteiger partial charge >= 0.3 is 5.97 Å². The van der Waals surface area contributed by atoms with Gasteiger partial charge in [-0.2, -0.15) is 0 Å². The highest BCUT2D eigenvalue weighted by atomic mass is 16.4. The largest absolute Gasteiger partial charge is 0.481 e. The zero-order valence-corrected chi connectivity index (χ0v) is 11.3. The van der Waals surface area contributed by atoms with Crippen molar-refractivity contribution in [3.63, 3.8) is 0 Å². The highest BCUT2D eigenvalue weighted by Gasteiger charge is 2.31. The molecule has 5 heteroatoms. The minimum atomic E-state index is -0.868. The molecule has 0 aromatic rings. The van der Waals surface area contributed by atoms with E-state index in [0.717, 1.165) is 0 Å². The summed E-state index contributed by atoms with van der Waals surface area (Å²) in [6.07, 6.45) is 0.406. The lowest BCUT2D eigenvalue weighted by Crippen LogP contribution is -2.54. The van der Waals surface area contributed by atoms with E-state index in [2.05, 4.69) is 5.32 Å². The van der Waals surface area contributed by atoms with Gasteiger partial charge in [0.1, 0.15) is 0 Å². The summed E-state index contributed by atoms with van der Waals surface area (Å²) in [5.41, 5.74) is 4.96. The Morgan fingerprint density at radius 1 is 1.24 bits per heavy atom. The molecular formula is C12H24N2O3. The summed E-state index contributed by atoms with van der Waals surface area (Å²) in [7, 11) is 0. The molecule has 0 aliphatic heterocycles. The molecule has 0 aromatic heterocycles. The number of hydrogen-bond acceptors (Lipinski definition) is 3. The van der Waals surface area contributed by atoms with Crippen molar-refractivity contribution in [2.75, 3.05) is 0 Å². The summed E-state index contributed by atoms with van der Waals surface area (Å²) in [5, 5.41) is 11.4. The number of amides is 1. The number of nitrogens with two attached hydrogens (primary N) is 1. The van der Waals surface area contributed by atoms with Crippen LogP contribution in [0, 0.1) is 5.41 Å². The fraction of sp³-hybridized carbons (Fsp3) is 0.833. The zero-order chi connectivity index (χ0) is 13.9. The number of carboxylic acids is 1. The lowest BCUT2D eigenvalue weighted by molar-refractivity contribution is -0.138. The van der Waals surface area contributed by atoms with Crippen molar-refractivity contribution in [2.24, 2.45) is 11.1 Å². The molecule has 0 rings (SSSR count). The first-order chi connectivity index (χ1) is 7.46. The van der Waals surface area contributed by atoms with Crippen molar-refractivity contribution < 1.29 is 14.7 Å². The molecule has 0 spiro atoms. The molecule has 0 bridgehead atoms. The molecule has 1 atom stereocenters. The van der Waals surface area contributed by atoms with Crippen LogP contribution >= 0.6 is 0 Å². The lowest BCUT2D eigenvalue weighted by atomic mass is 9.86. The van der Waals surface area contributed by atoms with Crippen molar-refractivity contribution in [1.29, 1.82) is 0 Å². The van der Waals surface area contributed by atoms with Crippen LogP contribution in [-0.2, 0) is 9.59 Å². The molecule has 0 heterocycles. The highest BCUT2D eigenvalue weighted by molar-refractivity contribution is 5.83. The van der Waals surface area contributed by atoms with Crippen molar-refractivity contribution in [3.8, 4) is 0 Å². The molecule has 0 saturated heterocycles. The van der Waals surface area contributed by atoms with Crippen LogP contribution < -0.4 is 11.1 Å². The molecule has 100 valence electrons. The molecule has 0 radical (unpaired) electrons. The average Bonchev–Trinajstić information content (AvgIpc) is 2.11. The number of rotatable bonds is 5. The average molecular weight is 244 g/mol. The Morgan fingerprint density at radius 3 is 2.06 bits per heavy atom. The Hall–Kier alpha value is -1.10. The molecular weight excluding hydrogens is 220 g/mol. The molecule has 5 nitrogen and oxygen atoms in total. The first kappa shape index (κ1) is 15.9. The van der Waals surface area contributed by atoms with Gasteiger partial charge in [0.05, 0.1) is 6.04 Å². The predicted octanol–water partition coefficient (Wildman–Crippen LogP) is 1.12. The van der Waals surface area contributed by atoms with E-state index in [1.54, 1.807) is 13.8 Å². The second-order valence-electron chi connectivity index (χ2n) is 6.11. The lowest BCUT2D eigenvalue weighted by Gasteiger charge is -2.31. The maximum absolute atomic E-state index is 11.9. The monoisotopic (exact) mass is 244 g/mol. The molecule has 0 aliphatic rings. The van der Waals surface area contributed by atoms with Gasteiger partial charge < -0.3 is 16.2 Å². The van der Waals surface area contributed by atoms with Gasteiger partial charge in [-0.15, -0.1) is 0 Å². The number of aliphatic carboxylic acids is 1. The predicted molar refractivity (Wildman–Crippen MR) is 66.5 cm³/mol. The summed E-state index contributed by atoms with van der Waals surface area (Å²) >= 11 is 0. The summed E-state index contributed by atoms with van der Waals surface area (Å²) < 4.78 is 0. The molecule has 1 unspecified atom stereocenters. The van der Waals surface area contributed by atoms with Crippen LogP contribution in [0.4, 0.5) is 0 Å². The second kappa shape index (κ2) is 5.49. The Morgan fingerprint density at radius 2 is 1.71 bits per heavy atom. The van der Waals surface area contributed by atoms with Crippen LogP contribution in [-0.4, -0.2) is 28.6 Å². The van der Waals surface area contributed by atoms with Crippen LogP contribution in [0.15, 0.2) is 0 Å². The number of carboxylic acid groups (broad SMARTS) is 1. The minimum Gasteiger partial charge on any atom is -0.481 e. The van der Waals surface area contributed by atoms with Crippen LogP contribution in [0.5, 0.6) is 0 Å². The van der Waals surface area contributed by atoms with Gasteiger partial charge in [-0.05, 0) is 25.7 Å². The van der Waals surface area contributed by atoms with Gasteiger partial charge in [-0.25, -0.2) is 0 Å². The van der Waals surface area contributed by atoms with Crippen molar-refractivity contribution in [1.82, 2.24) is 5.32 Å². The van der Waals surface area contributed by atoms with Crippen molar-refractivity contribution in [3.05, 3.63) is 0 Å². The number of carbonyl (C=O) groups is 2. The van der Waals surface area contributed by atoms with Crippen LogP contribution in [0.3, 0.4) is 0 Å².